The number of esters is 1. The Kier molecular flexibility index (Phi) is 22.5. The van der Waals surface area contributed by atoms with Gasteiger partial charge in [-0.15, -0.1) is 22.7 Å². The van der Waals surface area contributed by atoms with E-state index in [1.54, 1.807) is 6.92 Å². The Hall–Kier alpha value is -6.07. The molecule has 5 rings (SSSR count). The summed E-state index contributed by atoms with van der Waals surface area (Å²) >= 11 is 2.85. The van der Waals surface area contributed by atoms with Crippen LogP contribution in [0.25, 0.3) is 0 Å². The molecule has 332 valence electrons. The van der Waals surface area contributed by atoms with E-state index >= 15 is 0 Å². The lowest BCUT2D eigenvalue weighted by Crippen LogP contribution is -2.24. The Balaban J connectivity index is 0.000000266. The Morgan fingerprint density at radius 3 is 1.76 bits per heavy atom. The van der Waals surface area contributed by atoms with Crippen LogP contribution < -0.4 is 28.7 Å². The molecule has 3 heterocycles. The Bertz CT molecular complexity index is 2160. The van der Waals surface area contributed by atoms with Crippen molar-refractivity contribution in [1.29, 1.82) is 5.41 Å². The maximum Gasteiger partial charge on any atom is 0.316 e. The van der Waals surface area contributed by atoms with Crippen molar-refractivity contribution in [3.8, 4) is 0 Å². The Labute approximate surface area is 372 Å². The number of benzene rings is 2. The van der Waals surface area contributed by atoms with E-state index in [1.165, 1.54) is 35.2 Å². The maximum absolute atomic E-state index is 12.6. The number of nitrogens with one attached hydrogen (secondary N) is 1. The number of aromatic nitrogens is 2. The number of ether oxygens (including phenoxy) is 1. The standard InChI is InChI=1S/C22H27N5OS.C14H18O3.C9H16N6S/c1-15-19(12-11-16-7-3-2-4-8-16)20(28)13-17(25-15)9-5-6-10-18-14-29-22(26-18)27-21(23)24;1-3-17-14(16)13(11(2)15)10-9-12-7-5-4-6-8-12;10-7(11)4-2-1-3-6-5-16-9(14-6)15-8(12)13/h2-4,7-8,14H,5-6,9-13H2,1H3,(H4,23,24,26,27);4-8,13H,3,9-10H2,1-2H3;5H,1-4H2,(H3,10,11)(H4,12,13,14,15). The molecule has 0 saturated carbocycles. The van der Waals surface area contributed by atoms with Gasteiger partial charge in [0.05, 0.1) is 23.8 Å². The van der Waals surface area contributed by atoms with Crippen LogP contribution in [0.5, 0.6) is 0 Å². The van der Waals surface area contributed by atoms with Crippen LogP contribution >= 0.6 is 22.7 Å². The monoisotopic (exact) mass is 883 g/mol. The SMILES string of the molecule is CC1=C(CCc2ccccc2)C(=O)CC(CCCCc2csc(N=C(N)N)n2)=N1.CCOC(=O)C(CCc1ccccc1)C(C)=O.N=C(N)CCCCc1csc(N=C(N)N)n1. The highest BCUT2D eigenvalue weighted by Gasteiger charge is 2.24. The Morgan fingerprint density at radius 2 is 1.27 bits per heavy atom. The van der Waals surface area contributed by atoms with Gasteiger partial charge in [0.25, 0.3) is 0 Å². The van der Waals surface area contributed by atoms with Gasteiger partial charge in [-0.3, -0.25) is 24.8 Å². The first-order valence-corrected chi connectivity index (χ1v) is 22.4. The van der Waals surface area contributed by atoms with Crippen molar-refractivity contribution in [3.05, 3.63) is 105 Å². The van der Waals surface area contributed by atoms with Crippen molar-refractivity contribution in [1.82, 2.24) is 9.97 Å². The molecule has 0 spiro atoms. The molecule has 15 nitrogen and oxygen atoms in total. The van der Waals surface area contributed by atoms with Crippen molar-refractivity contribution in [2.45, 2.75) is 104 Å². The van der Waals surface area contributed by atoms with Gasteiger partial charge in [0.15, 0.2) is 17.7 Å². The number of rotatable bonds is 21. The van der Waals surface area contributed by atoms with Gasteiger partial charge < -0.3 is 33.4 Å². The molecule has 4 aromatic rings. The first-order chi connectivity index (χ1) is 29.7. The number of aryl methyl sites for hydroxylation is 4. The number of aliphatic imine (C=N–C) groups is 3. The highest BCUT2D eigenvalue weighted by Crippen LogP contribution is 2.24. The van der Waals surface area contributed by atoms with E-state index in [4.69, 9.17) is 43.8 Å². The molecule has 0 saturated heterocycles. The van der Waals surface area contributed by atoms with Crippen molar-refractivity contribution in [2.75, 3.05) is 6.61 Å². The van der Waals surface area contributed by atoms with E-state index in [-0.39, 0.29) is 29.3 Å². The number of carbonyl (C=O) groups is 3. The van der Waals surface area contributed by atoms with Gasteiger partial charge in [0.2, 0.25) is 10.3 Å². The van der Waals surface area contributed by atoms with Crippen molar-refractivity contribution in [2.24, 2.45) is 49.6 Å². The molecule has 1 atom stereocenters. The molecule has 2 aromatic heterocycles. The number of nitrogens with zero attached hydrogens (tertiary/aromatic N) is 5. The van der Waals surface area contributed by atoms with Gasteiger partial charge in [-0.25, -0.2) is 9.97 Å². The first-order valence-electron chi connectivity index (χ1n) is 20.7. The summed E-state index contributed by atoms with van der Waals surface area (Å²) in [5.41, 5.74) is 33.6. The third-order valence-corrected chi connectivity index (χ3v) is 11.0. The second kappa shape index (κ2) is 27.7. The summed E-state index contributed by atoms with van der Waals surface area (Å²) in [4.78, 5) is 56.7. The van der Waals surface area contributed by atoms with Gasteiger partial charge >= 0.3 is 5.97 Å². The van der Waals surface area contributed by atoms with E-state index in [1.807, 2.05) is 66.2 Å². The number of nitrogens with two attached hydrogens (primary N) is 5. The summed E-state index contributed by atoms with van der Waals surface area (Å²) in [6.45, 7) is 5.45. The van der Waals surface area contributed by atoms with E-state index in [0.717, 1.165) is 91.7 Å². The number of hydrogen-bond acceptors (Lipinski definition) is 12. The fourth-order valence-electron chi connectivity index (χ4n) is 6.30. The topological polar surface area (TPSA) is 277 Å². The van der Waals surface area contributed by atoms with Crippen molar-refractivity contribution in [3.63, 3.8) is 0 Å². The summed E-state index contributed by atoms with van der Waals surface area (Å²) in [6.07, 6.45) is 10.4. The van der Waals surface area contributed by atoms with Gasteiger partial charge in [0.1, 0.15) is 11.7 Å². The fourth-order valence-corrected chi connectivity index (χ4v) is 7.78. The van der Waals surface area contributed by atoms with Gasteiger partial charge in [-0.1, -0.05) is 60.7 Å². The smallest absolute Gasteiger partial charge is 0.316 e. The molecule has 17 heteroatoms. The van der Waals surface area contributed by atoms with E-state index < -0.39 is 11.9 Å². The molecule has 2 aromatic carbocycles. The fraction of sp³-hybridized carbons (Fsp3) is 0.400. The molecule has 11 N–H and O–H groups in total. The average molecular weight is 884 g/mol. The van der Waals surface area contributed by atoms with Gasteiger partial charge in [0, 0.05) is 40.6 Å². The van der Waals surface area contributed by atoms with Crippen LogP contribution in [-0.4, -0.2) is 57.6 Å². The van der Waals surface area contributed by atoms with Crippen LogP contribution in [0.1, 0.15) is 101 Å². The van der Waals surface area contributed by atoms with E-state index in [0.29, 0.717) is 42.6 Å². The van der Waals surface area contributed by atoms with Crippen LogP contribution in [0.2, 0.25) is 0 Å². The minimum absolute atomic E-state index is 0.0254. The van der Waals surface area contributed by atoms with Crippen LogP contribution in [0.15, 0.2) is 97.7 Å². The average Bonchev–Trinajstić information content (AvgIpc) is 3.87. The zero-order valence-electron chi connectivity index (χ0n) is 36.0. The number of carbonyl (C=O) groups excluding carboxylic acids is 3. The third kappa shape index (κ3) is 20.0. The minimum Gasteiger partial charge on any atom is -0.465 e. The summed E-state index contributed by atoms with van der Waals surface area (Å²) in [5, 5.41) is 12.2. The molecule has 0 radical (unpaired) electrons. The van der Waals surface area contributed by atoms with Crippen LogP contribution in [0.3, 0.4) is 0 Å². The predicted molar refractivity (Wildman–Crippen MR) is 252 cm³/mol. The van der Waals surface area contributed by atoms with Crippen LogP contribution in [-0.2, 0) is 44.8 Å². The zero-order chi connectivity index (χ0) is 45.3. The number of unbranched alkanes of at least 4 members (excludes halogenated alkanes) is 2. The maximum atomic E-state index is 12.6. The molecular formula is C45H61N11O4S2. The van der Waals surface area contributed by atoms with Crippen molar-refractivity contribution < 1.29 is 19.1 Å². The van der Waals surface area contributed by atoms with Crippen molar-refractivity contribution >= 4 is 73.9 Å². The summed E-state index contributed by atoms with van der Waals surface area (Å²) in [5.74, 6) is -0.648. The van der Waals surface area contributed by atoms with E-state index in [2.05, 4.69) is 32.1 Å². The van der Waals surface area contributed by atoms with Crippen LogP contribution in [0, 0.1) is 11.3 Å². The largest absolute Gasteiger partial charge is 0.465 e. The number of ketones is 2. The summed E-state index contributed by atoms with van der Waals surface area (Å²) in [7, 11) is 0. The normalized spacial score (nSPS) is 12.4. The lowest BCUT2D eigenvalue weighted by Gasteiger charge is -2.16. The molecular weight excluding hydrogens is 823 g/mol. The second-order valence-corrected chi connectivity index (χ2v) is 16.2. The zero-order valence-corrected chi connectivity index (χ0v) is 37.6. The van der Waals surface area contributed by atoms with Crippen LogP contribution in [0.4, 0.5) is 10.3 Å². The van der Waals surface area contributed by atoms with Gasteiger partial charge in [-0.05, 0) is 103 Å². The second-order valence-electron chi connectivity index (χ2n) is 14.5. The molecule has 0 amide bonds. The highest BCUT2D eigenvalue weighted by atomic mass is 32.1. The number of amidine groups is 1. The molecule has 62 heavy (non-hydrogen) atoms. The molecule has 0 aliphatic carbocycles. The number of Topliss-reactive ketones (excluding diaryl/α,β-unsaturated/α-hetero) is 2. The predicted octanol–water partition coefficient (Wildman–Crippen LogP) is 7.17. The lowest BCUT2D eigenvalue weighted by atomic mass is 9.93. The van der Waals surface area contributed by atoms with E-state index in [9.17, 15) is 14.4 Å². The van der Waals surface area contributed by atoms with Gasteiger partial charge in [-0.2, -0.15) is 9.98 Å². The molecule has 0 bridgehead atoms. The summed E-state index contributed by atoms with van der Waals surface area (Å²) < 4.78 is 4.89. The number of allylic oxidation sites excluding steroid dienone is 2. The minimum atomic E-state index is -0.629. The molecule has 1 unspecified atom stereocenters. The summed E-state index contributed by atoms with van der Waals surface area (Å²) in [6, 6.07) is 20.1. The highest BCUT2D eigenvalue weighted by molar-refractivity contribution is 7.13. The third-order valence-electron chi connectivity index (χ3n) is 9.40. The number of thiazole rings is 2. The number of hydrogen-bond donors (Lipinski definition) is 6. The number of guanidine groups is 2. The Morgan fingerprint density at radius 1 is 0.758 bits per heavy atom. The molecule has 0 fully saturated rings. The molecule has 1 aliphatic heterocycles. The first kappa shape index (κ1) is 50.3. The lowest BCUT2D eigenvalue weighted by molar-refractivity contribution is -0.151. The molecule has 1 aliphatic rings. The quantitative estimate of drug-likeness (QED) is 0.0160.